The third kappa shape index (κ3) is 3.88. The normalized spacial score (nSPS) is 11.2. The molecule has 21 heavy (non-hydrogen) atoms. The highest BCUT2D eigenvalue weighted by Crippen LogP contribution is 2.27. The molecular weight excluding hydrogens is 289 g/mol. The number of aromatic amines is 1. The lowest BCUT2D eigenvalue weighted by Gasteiger charge is -2.07. The van der Waals surface area contributed by atoms with Gasteiger partial charge in [0, 0.05) is 24.7 Å². The lowest BCUT2D eigenvalue weighted by molar-refractivity contribution is -0.138. The lowest BCUT2D eigenvalue weighted by Crippen LogP contribution is -2.25. The second-order valence-corrected chi connectivity index (χ2v) is 4.01. The quantitative estimate of drug-likeness (QED) is 0.888. The summed E-state index contributed by atoms with van der Waals surface area (Å²) in [5.74, 6) is -0.462. The first-order valence-electron chi connectivity index (χ1n) is 5.71. The van der Waals surface area contributed by atoms with E-state index in [0.717, 1.165) is 0 Å². The maximum absolute atomic E-state index is 12.3. The summed E-state index contributed by atoms with van der Waals surface area (Å²) in [5, 5.41) is 2.43. The minimum absolute atomic E-state index is 0.0424. The predicted octanol–water partition coefficient (Wildman–Crippen LogP) is 1.11. The van der Waals surface area contributed by atoms with Gasteiger partial charge in [0.15, 0.2) is 0 Å². The SMILES string of the molecule is O=C(NCc1ncc(C(F)(F)F)cn1)c1ccc(=O)[nH]c1. The molecule has 0 spiro atoms. The fourth-order valence-corrected chi connectivity index (χ4v) is 1.41. The van der Waals surface area contributed by atoms with E-state index in [1.807, 2.05) is 0 Å². The first kappa shape index (κ1) is 14.7. The zero-order valence-electron chi connectivity index (χ0n) is 10.4. The van der Waals surface area contributed by atoms with Gasteiger partial charge in [0.25, 0.3) is 5.91 Å². The van der Waals surface area contributed by atoms with Crippen LogP contribution in [-0.4, -0.2) is 20.9 Å². The van der Waals surface area contributed by atoms with Crippen LogP contribution < -0.4 is 10.9 Å². The molecule has 2 aromatic rings. The highest BCUT2D eigenvalue weighted by atomic mass is 19.4. The van der Waals surface area contributed by atoms with Crippen LogP contribution in [0, 0.1) is 0 Å². The van der Waals surface area contributed by atoms with Crippen LogP contribution in [0.4, 0.5) is 13.2 Å². The minimum atomic E-state index is -4.50. The van der Waals surface area contributed by atoms with Gasteiger partial charge in [-0.15, -0.1) is 0 Å². The van der Waals surface area contributed by atoms with Crippen LogP contribution in [0.5, 0.6) is 0 Å². The summed E-state index contributed by atoms with van der Waals surface area (Å²) in [6.07, 6.45) is -1.98. The van der Waals surface area contributed by atoms with Crippen molar-refractivity contribution in [3.05, 3.63) is 58.0 Å². The molecule has 9 heteroatoms. The van der Waals surface area contributed by atoms with E-state index in [1.54, 1.807) is 0 Å². The van der Waals surface area contributed by atoms with Crippen molar-refractivity contribution >= 4 is 5.91 Å². The number of hydrogen-bond donors (Lipinski definition) is 2. The summed E-state index contributed by atoms with van der Waals surface area (Å²) in [6.45, 7) is -0.129. The maximum atomic E-state index is 12.3. The minimum Gasteiger partial charge on any atom is -0.345 e. The van der Waals surface area contributed by atoms with Crippen molar-refractivity contribution in [2.75, 3.05) is 0 Å². The van der Waals surface area contributed by atoms with Gasteiger partial charge in [-0.05, 0) is 6.07 Å². The van der Waals surface area contributed by atoms with Gasteiger partial charge < -0.3 is 10.3 Å². The van der Waals surface area contributed by atoms with Gasteiger partial charge in [0.2, 0.25) is 5.56 Å². The fourth-order valence-electron chi connectivity index (χ4n) is 1.41. The fraction of sp³-hybridized carbons (Fsp3) is 0.167. The first-order chi connectivity index (χ1) is 9.86. The van der Waals surface area contributed by atoms with Crippen LogP contribution in [0.15, 0.2) is 35.5 Å². The van der Waals surface area contributed by atoms with Crippen molar-refractivity contribution in [1.29, 1.82) is 0 Å². The number of H-pyrrole nitrogens is 1. The van der Waals surface area contributed by atoms with Gasteiger partial charge in [-0.1, -0.05) is 0 Å². The highest BCUT2D eigenvalue weighted by molar-refractivity contribution is 5.93. The van der Waals surface area contributed by atoms with E-state index in [-0.39, 0.29) is 23.5 Å². The smallest absolute Gasteiger partial charge is 0.345 e. The number of nitrogens with one attached hydrogen (secondary N) is 2. The van der Waals surface area contributed by atoms with Gasteiger partial charge in [-0.3, -0.25) is 9.59 Å². The van der Waals surface area contributed by atoms with Crippen LogP contribution in [-0.2, 0) is 12.7 Å². The van der Waals surface area contributed by atoms with E-state index in [4.69, 9.17) is 0 Å². The Morgan fingerprint density at radius 1 is 1.24 bits per heavy atom. The number of carbonyl (C=O) groups is 1. The molecule has 0 unspecified atom stereocenters. The van der Waals surface area contributed by atoms with E-state index >= 15 is 0 Å². The molecule has 0 saturated carbocycles. The Morgan fingerprint density at radius 2 is 1.90 bits per heavy atom. The average Bonchev–Trinajstić information content (AvgIpc) is 2.45. The van der Waals surface area contributed by atoms with Crippen molar-refractivity contribution < 1.29 is 18.0 Å². The Labute approximate surface area is 116 Å². The summed E-state index contributed by atoms with van der Waals surface area (Å²) >= 11 is 0. The molecule has 0 aliphatic carbocycles. The monoisotopic (exact) mass is 298 g/mol. The molecule has 6 nitrogen and oxygen atoms in total. The molecule has 2 aromatic heterocycles. The molecule has 2 N–H and O–H groups in total. The second-order valence-electron chi connectivity index (χ2n) is 4.01. The summed E-state index contributed by atoms with van der Waals surface area (Å²) in [4.78, 5) is 31.9. The Bertz CT molecular complexity index is 674. The zero-order chi connectivity index (χ0) is 15.5. The van der Waals surface area contributed by atoms with Crippen LogP contribution in [0.3, 0.4) is 0 Å². The molecular formula is C12H9F3N4O2. The van der Waals surface area contributed by atoms with E-state index in [2.05, 4.69) is 20.3 Å². The summed E-state index contributed by atoms with van der Waals surface area (Å²) in [5.41, 5.74) is -1.10. The van der Waals surface area contributed by atoms with E-state index in [1.165, 1.54) is 18.3 Å². The topological polar surface area (TPSA) is 87.7 Å². The number of alkyl halides is 3. The molecule has 1 amide bonds. The van der Waals surface area contributed by atoms with Gasteiger partial charge in [-0.2, -0.15) is 13.2 Å². The van der Waals surface area contributed by atoms with Crippen molar-refractivity contribution in [2.45, 2.75) is 12.7 Å². The molecule has 2 heterocycles. The Balaban J connectivity index is 1.98. The standard InChI is InChI=1S/C12H9F3N4O2/c13-12(14,15)8-4-16-9(17-5-8)6-19-11(21)7-1-2-10(20)18-3-7/h1-5H,6H2,(H,18,20)(H,19,21). The highest BCUT2D eigenvalue weighted by Gasteiger charge is 2.31. The molecule has 0 radical (unpaired) electrons. The molecule has 0 bridgehead atoms. The molecule has 0 aliphatic rings. The van der Waals surface area contributed by atoms with Crippen LogP contribution in [0.25, 0.3) is 0 Å². The first-order valence-corrected chi connectivity index (χ1v) is 5.71. The van der Waals surface area contributed by atoms with Gasteiger partial charge >= 0.3 is 6.18 Å². The number of nitrogens with zero attached hydrogens (tertiary/aromatic N) is 2. The molecule has 110 valence electrons. The van der Waals surface area contributed by atoms with Crippen molar-refractivity contribution in [3.63, 3.8) is 0 Å². The number of pyridine rings is 1. The maximum Gasteiger partial charge on any atom is 0.419 e. The molecule has 0 saturated heterocycles. The number of carbonyl (C=O) groups excluding carboxylic acids is 1. The number of aromatic nitrogens is 3. The second kappa shape index (κ2) is 5.73. The molecule has 2 rings (SSSR count). The molecule has 0 aromatic carbocycles. The van der Waals surface area contributed by atoms with Gasteiger partial charge in [-0.25, -0.2) is 9.97 Å². The number of hydrogen-bond acceptors (Lipinski definition) is 4. The Morgan fingerprint density at radius 3 is 2.43 bits per heavy atom. The predicted molar refractivity (Wildman–Crippen MR) is 65.3 cm³/mol. The van der Waals surface area contributed by atoms with E-state index in [0.29, 0.717) is 12.4 Å². The summed E-state index contributed by atoms with van der Waals surface area (Å²) in [6, 6.07) is 2.51. The number of amides is 1. The van der Waals surface area contributed by atoms with Gasteiger partial charge in [0.05, 0.1) is 17.7 Å². The van der Waals surface area contributed by atoms with E-state index < -0.39 is 17.6 Å². The number of halogens is 3. The van der Waals surface area contributed by atoms with Crippen molar-refractivity contribution in [2.24, 2.45) is 0 Å². The van der Waals surface area contributed by atoms with Crippen molar-refractivity contribution in [3.8, 4) is 0 Å². The van der Waals surface area contributed by atoms with E-state index in [9.17, 15) is 22.8 Å². The molecule has 0 atom stereocenters. The van der Waals surface area contributed by atoms with Crippen molar-refractivity contribution in [1.82, 2.24) is 20.3 Å². The third-order valence-corrected chi connectivity index (χ3v) is 2.49. The average molecular weight is 298 g/mol. The molecule has 0 fully saturated rings. The van der Waals surface area contributed by atoms with Crippen LogP contribution in [0.1, 0.15) is 21.7 Å². The van der Waals surface area contributed by atoms with Gasteiger partial charge in [0.1, 0.15) is 5.82 Å². The Kier molecular flexibility index (Phi) is 4.01. The Hall–Kier alpha value is -2.71. The summed E-state index contributed by atoms with van der Waals surface area (Å²) < 4.78 is 36.9. The third-order valence-electron chi connectivity index (χ3n) is 2.49. The van der Waals surface area contributed by atoms with Crippen LogP contribution in [0.2, 0.25) is 0 Å². The molecule has 0 aliphatic heterocycles. The lowest BCUT2D eigenvalue weighted by atomic mass is 10.2. The largest absolute Gasteiger partial charge is 0.419 e. The zero-order valence-corrected chi connectivity index (χ0v) is 10.4. The van der Waals surface area contributed by atoms with Crippen LogP contribution >= 0.6 is 0 Å². The number of rotatable bonds is 3. The summed E-state index contributed by atoms with van der Waals surface area (Å²) in [7, 11) is 0.